The first kappa shape index (κ1) is 24.6. The lowest BCUT2D eigenvalue weighted by molar-refractivity contribution is 0.242. The number of hydrogen-bond acceptors (Lipinski definition) is 5. The second-order valence-electron chi connectivity index (χ2n) is 8.13. The third kappa shape index (κ3) is 6.04. The summed E-state index contributed by atoms with van der Waals surface area (Å²) in [7, 11) is 3.61. The van der Waals surface area contributed by atoms with Crippen LogP contribution in [0.15, 0.2) is 53.7 Å². The number of aromatic nitrogens is 1. The molecule has 0 saturated carbocycles. The van der Waals surface area contributed by atoms with Crippen molar-refractivity contribution < 1.29 is 4.74 Å². The Hall–Kier alpha value is -2.07. The van der Waals surface area contributed by atoms with Crippen molar-refractivity contribution in [2.75, 3.05) is 64.9 Å². The van der Waals surface area contributed by atoms with Crippen LogP contribution in [-0.2, 0) is 0 Å². The fourth-order valence-electron chi connectivity index (χ4n) is 4.57. The summed E-state index contributed by atoms with van der Waals surface area (Å²) in [6.07, 6.45) is 4.40. The molecule has 32 heavy (non-hydrogen) atoms. The molecule has 2 aliphatic heterocycles. The van der Waals surface area contributed by atoms with Gasteiger partial charge in [-0.15, -0.1) is 24.0 Å². The largest absolute Gasteiger partial charge is 0.497 e. The number of benzene rings is 1. The number of rotatable bonds is 6. The van der Waals surface area contributed by atoms with E-state index in [0.717, 1.165) is 63.3 Å². The smallest absolute Gasteiger partial charge is 0.193 e. The summed E-state index contributed by atoms with van der Waals surface area (Å²) in [6, 6.07) is 14.9. The van der Waals surface area contributed by atoms with Gasteiger partial charge in [0.25, 0.3) is 0 Å². The van der Waals surface area contributed by atoms with Crippen molar-refractivity contribution in [3.8, 4) is 5.75 Å². The molecule has 1 unspecified atom stereocenters. The maximum atomic E-state index is 5.48. The molecule has 2 aliphatic rings. The van der Waals surface area contributed by atoms with Crippen molar-refractivity contribution in [1.82, 2.24) is 20.1 Å². The zero-order valence-electron chi connectivity index (χ0n) is 19.1. The molecule has 0 spiro atoms. The van der Waals surface area contributed by atoms with Gasteiger partial charge in [-0.25, -0.2) is 4.98 Å². The Morgan fingerprint density at radius 3 is 2.50 bits per heavy atom. The van der Waals surface area contributed by atoms with Gasteiger partial charge in [0, 0.05) is 46.0 Å². The number of likely N-dealkylation sites (tertiary alicyclic amines) is 1. The highest BCUT2D eigenvalue weighted by molar-refractivity contribution is 14.0. The van der Waals surface area contributed by atoms with Gasteiger partial charge >= 0.3 is 0 Å². The number of aliphatic imine (C=N–C) groups is 1. The number of methoxy groups -OCH3 is 1. The van der Waals surface area contributed by atoms with Crippen LogP contribution >= 0.6 is 24.0 Å². The van der Waals surface area contributed by atoms with Crippen molar-refractivity contribution in [2.24, 2.45) is 4.99 Å². The van der Waals surface area contributed by atoms with Crippen LogP contribution in [0, 0.1) is 0 Å². The Morgan fingerprint density at radius 1 is 1.06 bits per heavy atom. The number of hydrogen-bond donors (Lipinski definition) is 1. The van der Waals surface area contributed by atoms with Crippen molar-refractivity contribution >= 4 is 35.8 Å². The molecule has 1 aromatic carbocycles. The molecule has 2 aromatic rings. The van der Waals surface area contributed by atoms with E-state index in [2.05, 4.69) is 54.3 Å². The van der Waals surface area contributed by atoms with E-state index in [1.807, 2.05) is 31.4 Å². The summed E-state index contributed by atoms with van der Waals surface area (Å²) < 4.78 is 5.48. The van der Waals surface area contributed by atoms with E-state index >= 15 is 0 Å². The maximum Gasteiger partial charge on any atom is 0.193 e. The molecule has 7 nitrogen and oxygen atoms in total. The summed E-state index contributed by atoms with van der Waals surface area (Å²) in [5, 5.41) is 3.67. The highest BCUT2D eigenvalue weighted by Gasteiger charge is 2.26. The van der Waals surface area contributed by atoms with Gasteiger partial charge < -0.3 is 19.9 Å². The van der Waals surface area contributed by atoms with Crippen LogP contribution in [0.4, 0.5) is 5.82 Å². The molecule has 0 amide bonds. The quantitative estimate of drug-likeness (QED) is 0.339. The number of ether oxygens (including phenoxy) is 1. The molecule has 0 bridgehead atoms. The lowest BCUT2D eigenvalue weighted by Gasteiger charge is -2.38. The van der Waals surface area contributed by atoms with E-state index in [-0.39, 0.29) is 24.0 Å². The third-order valence-corrected chi connectivity index (χ3v) is 6.28. The highest BCUT2D eigenvalue weighted by Crippen LogP contribution is 2.27. The normalized spacial score (nSPS) is 18.2. The first-order chi connectivity index (χ1) is 15.3. The molecule has 8 heteroatoms. The van der Waals surface area contributed by atoms with Gasteiger partial charge in [-0.3, -0.25) is 9.89 Å². The van der Waals surface area contributed by atoms with Gasteiger partial charge in [0.2, 0.25) is 0 Å². The Balaban J connectivity index is 0.00000289. The Labute approximate surface area is 208 Å². The lowest BCUT2D eigenvalue weighted by Crippen LogP contribution is -2.53. The summed E-state index contributed by atoms with van der Waals surface area (Å²) >= 11 is 0. The second-order valence-corrected chi connectivity index (χ2v) is 8.13. The van der Waals surface area contributed by atoms with Crippen molar-refractivity contribution in [1.29, 1.82) is 0 Å². The molecule has 0 radical (unpaired) electrons. The SMILES string of the molecule is CN=C(NCC(c1cccc(OC)c1)N1CCCC1)N1CCN(c2ccccn2)CC1.I. The minimum Gasteiger partial charge on any atom is -0.497 e. The van der Waals surface area contributed by atoms with Gasteiger partial charge in [-0.05, 0) is 55.8 Å². The zero-order valence-corrected chi connectivity index (χ0v) is 21.4. The summed E-state index contributed by atoms with van der Waals surface area (Å²) in [4.78, 5) is 16.4. The molecular formula is C24H35IN6O. The number of halogens is 1. The molecule has 1 N–H and O–H groups in total. The molecule has 2 fully saturated rings. The number of nitrogens with one attached hydrogen (secondary N) is 1. The number of nitrogens with zero attached hydrogens (tertiary/aromatic N) is 5. The van der Waals surface area contributed by atoms with Crippen LogP contribution < -0.4 is 15.0 Å². The fraction of sp³-hybridized carbons (Fsp3) is 0.500. The van der Waals surface area contributed by atoms with Crippen molar-refractivity contribution in [3.63, 3.8) is 0 Å². The standard InChI is InChI=1S/C24H34N6O.HI/c1-25-24(30-16-14-29(15-17-30)23-10-3-4-11-26-23)27-19-22(28-12-5-6-13-28)20-8-7-9-21(18-20)31-2;/h3-4,7-11,18,22H,5-6,12-17,19H2,1-2H3,(H,25,27);1H. The zero-order chi connectivity index (χ0) is 21.5. The van der Waals surface area contributed by atoms with E-state index in [4.69, 9.17) is 4.74 Å². The third-order valence-electron chi connectivity index (χ3n) is 6.28. The molecule has 1 aromatic heterocycles. The average molecular weight is 550 g/mol. The predicted octanol–water partition coefficient (Wildman–Crippen LogP) is 3.24. The number of anilines is 1. The summed E-state index contributed by atoms with van der Waals surface area (Å²) in [5.74, 6) is 2.95. The van der Waals surface area contributed by atoms with Crippen LogP contribution in [0.1, 0.15) is 24.4 Å². The highest BCUT2D eigenvalue weighted by atomic mass is 127. The van der Waals surface area contributed by atoms with Crippen LogP contribution in [-0.4, -0.2) is 80.7 Å². The molecule has 4 rings (SSSR count). The second kappa shape index (κ2) is 12.2. The number of pyridine rings is 1. The first-order valence-electron chi connectivity index (χ1n) is 11.3. The maximum absolute atomic E-state index is 5.48. The van der Waals surface area contributed by atoms with E-state index < -0.39 is 0 Å². The minimum absolute atomic E-state index is 0. The van der Waals surface area contributed by atoms with Gasteiger partial charge in [-0.1, -0.05) is 18.2 Å². The molecule has 2 saturated heterocycles. The van der Waals surface area contributed by atoms with Gasteiger partial charge in [0.1, 0.15) is 11.6 Å². The van der Waals surface area contributed by atoms with E-state index in [1.165, 1.54) is 18.4 Å². The van der Waals surface area contributed by atoms with Crippen molar-refractivity contribution in [2.45, 2.75) is 18.9 Å². The molecular weight excluding hydrogens is 515 g/mol. The summed E-state index contributed by atoms with van der Waals surface area (Å²) in [6.45, 7) is 6.88. The van der Waals surface area contributed by atoms with Crippen LogP contribution in [0.5, 0.6) is 5.75 Å². The molecule has 174 valence electrons. The fourth-order valence-corrected chi connectivity index (χ4v) is 4.57. The lowest BCUT2D eigenvalue weighted by atomic mass is 10.1. The number of piperazine rings is 1. The topological polar surface area (TPSA) is 56.2 Å². The van der Waals surface area contributed by atoms with Crippen LogP contribution in [0.2, 0.25) is 0 Å². The van der Waals surface area contributed by atoms with Gasteiger partial charge in [0.15, 0.2) is 5.96 Å². The van der Waals surface area contributed by atoms with E-state index in [9.17, 15) is 0 Å². The average Bonchev–Trinajstić information content (AvgIpc) is 3.37. The number of guanidine groups is 1. The van der Waals surface area contributed by atoms with E-state index in [0.29, 0.717) is 6.04 Å². The Bertz CT molecular complexity index is 851. The Kier molecular flexibility index (Phi) is 9.40. The molecule has 3 heterocycles. The molecule has 0 aliphatic carbocycles. The predicted molar refractivity (Wildman–Crippen MR) is 141 cm³/mol. The summed E-state index contributed by atoms with van der Waals surface area (Å²) in [5.41, 5.74) is 1.30. The van der Waals surface area contributed by atoms with Crippen molar-refractivity contribution in [3.05, 3.63) is 54.2 Å². The monoisotopic (exact) mass is 550 g/mol. The molecule has 1 atom stereocenters. The minimum atomic E-state index is 0. The van der Waals surface area contributed by atoms with Crippen LogP contribution in [0.3, 0.4) is 0 Å². The van der Waals surface area contributed by atoms with Gasteiger partial charge in [-0.2, -0.15) is 0 Å². The van der Waals surface area contributed by atoms with E-state index in [1.54, 1.807) is 7.11 Å². The first-order valence-corrected chi connectivity index (χ1v) is 11.3. The van der Waals surface area contributed by atoms with Gasteiger partial charge in [0.05, 0.1) is 13.2 Å². The van der Waals surface area contributed by atoms with Crippen LogP contribution in [0.25, 0.3) is 0 Å². The Morgan fingerprint density at radius 2 is 1.84 bits per heavy atom.